The van der Waals surface area contributed by atoms with Gasteiger partial charge in [-0.05, 0) is 103 Å². The number of esters is 1. The molecule has 0 bridgehead atoms. The summed E-state index contributed by atoms with van der Waals surface area (Å²) in [5, 5.41) is 5.69. The molecular weight excluding hydrogens is 693 g/mol. The van der Waals surface area contributed by atoms with Crippen molar-refractivity contribution < 1.29 is 19.1 Å². The van der Waals surface area contributed by atoms with Gasteiger partial charge in [-0.15, -0.1) is 0 Å². The molecule has 0 aliphatic rings. The van der Waals surface area contributed by atoms with Gasteiger partial charge in [0, 0.05) is 19.4 Å². The number of ether oxygens (including phenoxy) is 1. The average Bonchev–Trinajstić information content (AvgIpc) is 3.20. The first-order valence-electron chi connectivity index (χ1n) is 21.0. The molecule has 0 rings (SSSR count). The molecular formula is C50H74N2O4. The lowest BCUT2D eigenvalue weighted by molar-refractivity contribution is -0.145. The van der Waals surface area contributed by atoms with Gasteiger partial charge in [0.05, 0.1) is 7.11 Å². The van der Waals surface area contributed by atoms with Crippen molar-refractivity contribution in [1.29, 1.82) is 0 Å². The quantitative estimate of drug-likeness (QED) is 0.0388. The van der Waals surface area contributed by atoms with Gasteiger partial charge in [0.15, 0.2) is 0 Å². The van der Waals surface area contributed by atoms with Crippen LogP contribution in [0.15, 0.2) is 146 Å². The van der Waals surface area contributed by atoms with Gasteiger partial charge in [-0.25, -0.2) is 4.79 Å². The largest absolute Gasteiger partial charge is 0.467 e. The van der Waals surface area contributed by atoms with Gasteiger partial charge in [-0.1, -0.05) is 160 Å². The van der Waals surface area contributed by atoms with E-state index in [0.29, 0.717) is 45.1 Å². The maximum absolute atomic E-state index is 12.5. The normalized spacial score (nSPS) is 13.6. The van der Waals surface area contributed by atoms with Crippen LogP contribution in [0, 0.1) is 0 Å². The summed E-state index contributed by atoms with van der Waals surface area (Å²) in [7, 11) is 1.32. The molecule has 0 spiro atoms. The molecule has 0 heterocycles. The van der Waals surface area contributed by atoms with Crippen LogP contribution in [0.3, 0.4) is 0 Å². The Morgan fingerprint density at radius 1 is 0.446 bits per heavy atom. The molecule has 2 amide bonds. The number of hydrogen-bond acceptors (Lipinski definition) is 4. The maximum atomic E-state index is 12.5. The smallest absolute Gasteiger partial charge is 0.328 e. The number of amides is 2. The SMILES string of the molecule is CCC=CCC=CCC=CCC=CCC=CCC=CCCC(=O)NCCC[C@H](NC(=O)CCC=CCC=CCC=CCC=CCC=CCC=CCC)C(=O)OC. The number of hydrogen-bond donors (Lipinski definition) is 2. The van der Waals surface area contributed by atoms with Crippen LogP contribution in [-0.4, -0.2) is 37.5 Å². The number of carbonyl (C=O) groups excluding carboxylic acids is 3. The molecule has 1 atom stereocenters. The van der Waals surface area contributed by atoms with Crippen molar-refractivity contribution in [2.24, 2.45) is 0 Å². The first-order valence-corrected chi connectivity index (χ1v) is 21.0. The van der Waals surface area contributed by atoms with E-state index in [4.69, 9.17) is 4.74 Å². The fraction of sp³-hybridized carbons (Fsp3) is 0.460. The van der Waals surface area contributed by atoms with Crippen molar-refractivity contribution in [2.45, 2.75) is 135 Å². The summed E-state index contributed by atoms with van der Waals surface area (Å²) in [6.07, 6.45) is 66.2. The van der Waals surface area contributed by atoms with Crippen molar-refractivity contribution in [3.05, 3.63) is 146 Å². The monoisotopic (exact) mass is 767 g/mol. The molecule has 2 N–H and O–H groups in total. The zero-order chi connectivity index (χ0) is 40.8. The fourth-order valence-corrected chi connectivity index (χ4v) is 4.99. The molecule has 0 saturated heterocycles. The van der Waals surface area contributed by atoms with Crippen molar-refractivity contribution >= 4 is 17.8 Å². The summed E-state index contributed by atoms with van der Waals surface area (Å²) in [6.45, 7) is 4.73. The van der Waals surface area contributed by atoms with E-state index in [1.807, 2.05) is 18.2 Å². The summed E-state index contributed by atoms with van der Waals surface area (Å²) < 4.78 is 4.89. The summed E-state index contributed by atoms with van der Waals surface area (Å²) in [6, 6.07) is -0.728. The third kappa shape index (κ3) is 39.0. The van der Waals surface area contributed by atoms with Gasteiger partial charge in [-0.3, -0.25) is 9.59 Å². The highest BCUT2D eigenvalue weighted by Crippen LogP contribution is 2.04. The molecule has 0 aliphatic carbocycles. The summed E-state index contributed by atoms with van der Waals surface area (Å²) in [5.41, 5.74) is 0. The van der Waals surface area contributed by atoms with E-state index >= 15 is 0 Å². The predicted molar refractivity (Wildman–Crippen MR) is 241 cm³/mol. The zero-order valence-electron chi connectivity index (χ0n) is 35.0. The van der Waals surface area contributed by atoms with E-state index in [1.165, 1.54) is 7.11 Å². The van der Waals surface area contributed by atoms with Crippen LogP contribution in [0.4, 0.5) is 0 Å². The molecule has 6 nitrogen and oxygen atoms in total. The number of carbonyl (C=O) groups is 3. The van der Waals surface area contributed by atoms with Gasteiger partial charge < -0.3 is 15.4 Å². The highest BCUT2D eigenvalue weighted by Gasteiger charge is 2.20. The predicted octanol–water partition coefficient (Wildman–Crippen LogP) is 12.5. The van der Waals surface area contributed by atoms with Crippen LogP contribution in [0.1, 0.15) is 129 Å². The number of allylic oxidation sites excluding steroid dienone is 24. The number of methoxy groups -OCH3 is 1. The van der Waals surface area contributed by atoms with Gasteiger partial charge >= 0.3 is 5.97 Å². The minimum absolute atomic E-state index is 0.0282. The van der Waals surface area contributed by atoms with Gasteiger partial charge in [0.25, 0.3) is 0 Å². The molecule has 0 aromatic carbocycles. The van der Waals surface area contributed by atoms with Crippen LogP contribution in [0.2, 0.25) is 0 Å². The second kappa shape index (κ2) is 43.0. The Morgan fingerprint density at radius 2 is 0.750 bits per heavy atom. The first-order chi connectivity index (χ1) is 27.5. The van der Waals surface area contributed by atoms with Crippen LogP contribution >= 0.6 is 0 Å². The highest BCUT2D eigenvalue weighted by atomic mass is 16.5. The van der Waals surface area contributed by atoms with Gasteiger partial charge in [0.1, 0.15) is 6.04 Å². The molecule has 0 unspecified atom stereocenters. The molecule has 0 saturated carbocycles. The van der Waals surface area contributed by atoms with E-state index in [0.717, 1.165) is 77.0 Å². The standard InChI is InChI=1S/C50H74N2O4/c1-4-6-8-10-12-14-16-18-20-22-24-26-28-30-32-34-36-38-40-44-48(53)51-46-42-43-47(50(55)56-3)52-49(54)45-41-39-37-35-33-31-29-27-25-23-21-19-17-15-13-11-9-7-5-2/h6-9,12-15,18-21,24-27,30-33,36-39,47H,4-5,10-11,16-17,22-23,28-29,34-35,40-46H2,1-3H3,(H,51,53)(H,52,54)/t47-/m0/s1. The molecule has 0 aliphatic heterocycles. The van der Waals surface area contributed by atoms with Crippen LogP contribution in [0.25, 0.3) is 0 Å². The van der Waals surface area contributed by atoms with Crippen LogP contribution < -0.4 is 10.6 Å². The zero-order valence-corrected chi connectivity index (χ0v) is 35.0. The number of rotatable bonds is 34. The molecule has 56 heavy (non-hydrogen) atoms. The summed E-state index contributed by atoms with van der Waals surface area (Å²) in [5.74, 6) is -0.698. The third-order valence-corrected chi connectivity index (χ3v) is 8.08. The Morgan fingerprint density at radius 3 is 1.07 bits per heavy atom. The minimum Gasteiger partial charge on any atom is -0.467 e. The molecule has 0 aromatic heterocycles. The second-order valence-electron chi connectivity index (χ2n) is 13.0. The van der Waals surface area contributed by atoms with E-state index in [9.17, 15) is 14.4 Å². The lowest BCUT2D eigenvalue weighted by Crippen LogP contribution is -2.42. The van der Waals surface area contributed by atoms with Gasteiger partial charge in [-0.2, -0.15) is 0 Å². The fourth-order valence-electron chi connectivity index (χ4n) is 4.99. The Balaban J connectivity index is 4.02. The number of nitrogens with one attached hydrogen (secondary N) is 2. The van der Waals surface area contributed by atoms with E-state index in [2.05, 4.69) is 152 Å². The molecule has 308 valence electrons. The first kappa shape index (κ1) is 51.3. The summed E-state index contributed by atoms with van der Waals surface area (Å²) in [4.78, 5) is 36.9. The van der Waals surface area contributed by atoms with Crippen molar-refractivity contribution in [3.8, 4) is 0 Å². The Bertz CT molecular complexity index is 1350. The van der Waals surface area contributed by atoms with Crippen molar-refractivity contribution in [3.63, 3.8) is 0 Å². The summed E-state index contributed by atoms with van der Waals surface area (Å²) >= 11 is 0. The van der Waals surface area contributed by atoms with E-state index in [-0.39, 0.29) is 11.8 Å². The lowest BCUT2D eigenvalue weighted by Gasteiger charge is -2.16. The molecule has 0 aromatic rings. The second-order valence-corrected chi connectivity index (χ2v) is 13.0. The highest BCUT2D eigenvalue weighted by molar-refractivity contribution is 5.84. The molecule has 0 fully saturated rings. The average molecular weight is 767 g/mol. The maximum Gasteiger partial charge on any atom is 0.328 e. The van der Waals surface area contributed by atoms with Crippen LogP contribution in [0.5, 0.6) is 0 Å². The van der Waals surface area contributed by atoms with Crippen LogP contribution in [-0.2, 0) is 19.1 Å². The molecule has 6 heteroatoms. The van der Waals surface area contributed by atoms with E-state index < -0.39 is 12.0 Å². The lowest BCUT2D eigenvalue weighted by atomic mass is 10.1. The van der Waals surface area contributed by atoms with Crippen molar-refractivity contribution in [2.75, 3.05) is 13.7 Å². The Kier molecular flexibility index (Phi) is 39.4. The topological polar surface area (TPSA) is 84.5 Å². The van der Waals surface area contributed by atoms with Crippen molar-refractivity contribution in [1.82, 2.24) is 10.6 Å². The third-order valence-electron chi connectivity index (χ3n) is 8.08. The minimum atomic E-state index is -0.728. The Labute approximate surface area is 341 Å². The van der Waals surface area contributed by atoms with Gasteiger partial charge in [0.2, 0.25) is 11.8 Å². The van der Waals surface area contributed by atoms with E-state index in [1.54, 1.807) is 0 Å². The molecule has 0 radical (unpaired) electrons. The Hall–Kier alpha value is -4.71.